The van der Waals surface area contributed by atoms with Crippen molar-refractivity contribution in [1.29, 1.82) is 0 Å². The minimum atomic E-state index is -0.400. The molecule has 3 heterocycles. The highest BCUT2D eigenvalue weighted by molar-refractivity contribution is 8.13. The van der Waals surface area contributed by atoms with Gasteiger partial charge >= 0.3 is 0 Å². The van der Waals surface area contributed by atoms with Crippen LogP contribution in [-0.4, -0.2) is 23.7 Å². The van der Waals surface area contributed by atoms with E-state index in [1.165, 1.54) is 0 Å². The quantitative estimate of drug-likeness (QED) is 0.397. The minimum absolute atomic E-state index is 0.400. The lowest BCUT2D eigenvalue weighted by Crippen LogP contribution is -2.15. The van der Waals surface area contributed by atoms with Gasteiger partial charge in [-0.3, -0.25) is 5.14 Å². The second-order valence-electron chi connectivity index (χ2n) is 7.63. The second-order valence-corrected chi connectivity index (χ2v) is 9.02. The topological polar surface area (TPSA) is 69.8 Å². The molecule has 2 aliphatic rings. The van der Waals surface area contributed by atoms with Crippen LogP contribution in [0.1, 0.15) is 0 Å². The number of benzene rings is 3. The van der Waals surface area contributed by atoms with E-state index in [9.17, 15) is 0 Å². The summed E-state index contributed by atoms with van der Waals surface area (Å²) >= 11 is 0. The van der Waals surface area contributed by atoms with Gasteiger partial charge in [0.15, 0.2) is 11.5 Å². The zero-order valence-corrected chi connectivity index (χ0v) is 18.5. The molecule has 0 amide bonds. The van der Waals surface area contributed by atoms with Crippen molar-refractivity contribution in [1.82, 2.24) is 4.98 Å². The van der Waals surface area contributed by atoms with Crippen molar-refractivity contribution in [3.8, 4) is 34.3 Å². The first-order chi connectivity index (χ1) is 16.3. The third-order valence-corrected chi connectivity index (χ3v) is 6.84. The Hall–Kier alpha value is -3.81. The molecule has 0 radical (unpaired) electrons. The molecule has 2 N–H and O–H groups in total. The minimum Gasteiger partial charge on any atom is -0.486 e. The maximum atomic E-state index is 6.30. The number of fused-ring (bicyclic) bond motifs is 2. The van der Waals surface area contributed by atoms with Crippen LogP contribution >= 0.6 is 10.7 Å². The van der Waals surface area contributed by atoms with Crippen LogP contribution in [0.5, 0.6) is 23.1 Å². The molecular formula is C26H21N3O3S. The summed E-state index contributed by atoms with van der Waals surface area (Å²) in [6.07, 6.45) is 1.73. The van der Waals surface area contributed by atoms with Crippen molar-refractivity contribution >= 4 is 27.5 Å². The molecule has 0 bridgehead atoms. The fraction of sp³-hybridized carbons (Fsp3) is 0.0769. The van der Waals surface area contributed by atoms with Gasteiger partial charge in [-0.1, -0.05) is 28.9 Å². The second kappa shape index (κ2) is 8.27. The maximum absolute atomic E-state index is 6.30. The van der Waals surface area contributed by atoms with E-state index in [1.54, 1.807) is 6.20 Å². The van der Waals surface area contributed by atoms with Gasteiger partial charge in [-0.05, 0) is 66.2 Å². The molecule has 7 heteroatoms. The van der Waals surface area contributed by atoms with Crippen molar-refractivity contribution in [3.05, 3.63) is 85.1 Å². The number of ether oxygens (including phenoxy) is 3. The van der Waals surface area contributed by atoms with Crippen LogP contribution in [0.2, 0.25) is 0 Å². The first-order valence-electron chi connectivity index (χ1n) is 10.6. The number of nitrogens with two attached hydrogens (primary N) is 1. The molecule has 0 fully saturated rings. The third kappa shape index (κ3) is 3.71. The van der Waals surface area contributed by atoms with Crippen LogP contribution in [-0.2, 0) is 0 Å². The highest BCUT2D eigenvalue weighted by atomic mass is 32.2. The fourth-order valence-corrected chi connectivity index (χ4v) is 5.19. The largest absolute Gasteiger partial charge is 0.486 e. The maximum Gasteiger partial charge on any atom is 0.227 e. The van der Waals surface area contributed by atoms with Gasteiger partial charge in [0.25, 0.3) is 0 Å². The molecule has 164 valence electrons. The highest BCUT2D eigenvalue weighted by Gasteiger charge is 2.19. The van der Waals surface area contributed by atoms with Gasteiger partial charge in [0.2, 0.25) is 5.88 Å². The Labute approximate surface area is 194 Å². The Morgan fingerprint density at radius 2 is 1.70 bits per heavy atom. The number of nitrogens with zero attached hydrogens (tertiary/aromatic N) is 2. The molecule has 6 nitrogen and oxygen atoms in total. The number of rotatable bonds is 4. The van der Waals surface area contributed by atoms with E-state index in [1.807, 2.05) is 66.7 Å². The highest BCUT2D eigenvalue weighted by Crippen LogP contribution is 2.41. The lowest BCUT2D eigenvalue weighted by molar-refractivity contribution is 0.171. The molecule has 1 atom stereocenters. The van der Waals surface area contributed by atoms with Gasteiger partial charge in [0.1, 0.15) is 19.0 Å². The van der Waals surface area contributed by atoms with Crippen molar-refractivity contribution in [2.75, 3.05) is 18.1 Å². The summed E-state index contributed by atoms with van der Waals surface area (Å²) in [4.78, 5) is 7.75. The van der Waals surface area contributed by atoms with Crippen LogP contribution < -0.4 is 24.2 Å². The lowest BCUT2D eigenvalue weighted by atomic mass is 10.1. The van der Waals surface area contributed by atoms with Gasteiger partial charge in [-0.15, -0.1) is 0 Å². The molecule has 33 heavy (non-hydrogen) atoms. The standard InChI is InChI=1S/C26H21N3O3S/c27-33-17-29(22-5-1-2-6-25(22)33)19-8-10-20(11-9-19)32-26-21(4-3-13-28-26)18-7-12-23-24(16-18)31-15-14-30-23/h1-13,16-17H,14-15,27H2. The molecule has 0 aliphatic carbocycles. The molecule has 1 unspecified atom stereocenters. The monoisotopic (exact) mass is 455 g/mol. The van der Waals surface area contributed by atoms with Gasteiger partial charge in [0, 0.05) is 22.3 Å². The average molecular weight is 456 g/mol. The van der Waals surface area contributed by atoms with E-state index in [0.717, 1.165) is 38.9 Å². The molecule has 1 aromatic heterocycles. The lowest BCUT2D eigenvalue weighted by Gasteiger charge is -2.19. The number of para-hydroxylation sites is 1. The average Bonchev–Trinajstić information content (AvgIpc) is 3.21. The van der Waals surface area contributed by atoms with E-state index >= 15 is 0 Å². The summed E-state index contributed by atoms with van der Waals surface area (Å²) in [6.45, 7) is 1.11. The van der Waals surface area contributed by atoms with E-state index in [4.69, 9.17) is 19.3 Å². The zero-order valence-electron chi connectivity index (χ0n) is 17.7. The van der Waals surface area contributed by atoms with Crippen molar-refractivity contribution in [3.63, 3.8) is 0 Å². The summed E-state index contributed by atoms with van der Waals surface area (Å²) in [6, 6.07) is 25.9. The first kappa shape index (κ1) is 19.8. The van der Waals surface area contributed by atoms with E-state index in [2.05, 4.69) is 27.5 Å². The molecule has 0 spiro atoms. The number of aromatic nitrogens is 1. The predicted molar refractivity (Wildman–Crippen MR) is 132 cm³/mol. The van der Waals surface area contributed by atoms with Crippen LogP contribution in [0.15, 0.2) is 90.0 Å². The molecule has 4 aromatic rings. The summed E-state index contributed by atoms with van der Waals surface area (Å²) in [7, 11) is -0.400. The number of hydrogen-bond donors (Lipinski definition) is 1. The Bertz CT molecular complexity index is 1370. The molecular weight excluding hydrogens is 434 g/mol. The molecule has 6 rings (SSSR count). The van der Waals surface area contributed by atoms with E-state index in [0.29, 0.717) is 24.8 Å². The van der Waals surface area contributed by atoms with Crippen molar-refractivity contribution in [2.45, 2.75) is 4.90 Å². The molecule has 0 saturated carbocycles. The number of anilines is 2. The van der Waals surface area contributed by atoms with Crippen molar-refractivity contribution < 1.29 is 14.2 Å². The normalized spacial score (nSPS) is 16.2. The van der Waals surface area contributed by atoms with Gasteiger partial charge in [-0.25, -0.2) is 4.98 Å². The summed E-state index contributed by atoms with van der Waals surface area (Å²) < 4.78 is 17.6. The third-order valence-electron chi connectivity index (χ3n) is 5.55. The predicted octanol–water partition coefficient (Wildman–Crippen LogP) is 5.73. The van der Waals surface area contributed by atoms with E-state index in [-0.39, 0.29) is 0 Å². The van der Waals surface area contributed by atoms with Crippen LogP contribution in [0.25, 0.3) is 11.1 Å². The fourth-order valence-electron chi connectivity index (χ4n) is 3.97. The summed E-state index contributed by atoms with van der Waals surface area (Å²) in [5.74, 6) is 2.73. The Balaban J connectivity index is 1.27. The summed E-state index contributed by atoms with van der Waals surface area (Å²) in [5.41, 5.74) is 6.04. The van der Waals surface area contributed by atoms with Gasteiger partial charge < -0.3 is 19.1 Å². The Morgan fingerprint density at radius 1 is 0.879 bits per heavy atom. The Morgan fingerprint density at radius 3 is 2.58 bits per heavy atom. The van der Waals surface area contributed by atoms with Crippen LogP contribution in [0, 0.1) is 0 Å². The van der Waals surface area contributed by atoms with E-state index < -0.39 is 10.7 Å². The molecule has 3 aromatic carbocycles. The first-order valence-corrected chi connectivity index (χ1v) is 11.9. The van der Waals surface area contributed by atoms with Gasteiger partial charge in [-0.2, -0.15) is 0 Å². The van der Waals surface area contributed by atoms with Crippen LogP contribution in [0.3, 0.4) is 0 Å². The number of pyridine rings is 1. The zero-order chi connectivity index (χ0) is 22.2. The van der Waals surface area contributed by atoms with Crippen LogP contribution in [0.4, 0.5) is 11.4 Å². The smallest absolute Gasteiger partial charge is 0.227 e. The summed E-state index contributed by atoms with van der Waals surface area (Å²) in [5, 5.41) is 6.30. The van der Waals surface area contributed by atoms with Gasteiger partial charge in [0.05, 0.1) is 11.2 Å². The number of hydrogen-bond acceptors (Lipinski definition) is 6. The SMILES string of the molecule is NS1=CN(c2ccc(Oc3ncccc3-c3ccc4c(c3)OCCO4)cc2)c2ccccc21. The molecule has 2 aliphatic heterocycles. The molecule has 0 saturated heterocycles. The Kier molecular flexibility index (Phi) is 4.97. The van der Waals surface area contributed by atoms with Crippen molar-refractivity contribution in [2.24, 2.45) is 5.14 Å².